The Kier molecular flexibility index (Phi) is 1.21. The smallest absolute Gasteiger partial charge is 0.175 e. The number of ketones is 2. The van der Waals surface area contributed by atoms with Gasteiger partial charge in [0, 0.05) is 49.7 Å². The topological polar surface area (TPSA) is 52.6 Å². The van der Waals surface area contributed by atoms with Gasteiger partial charge < -0.3 is 9.47 Å². The van der Waals surface area contributed by atoms with E-state index in [1.807, 2.05) is 0 Å². The summed E-state index contributed by atoms with van der Waals surface area (Å²) in [6.45, 7) is 0. The first kappa shape index (κ1) is 9.22. The molecule has 0 aliphatic heterocycles. The molecular weight excluding hydrogens is 220 g/mol. The van der Waals surface area contributed by atoms with Crippen molar-refractivity contribution >= 4 is 11.6 Å². The van der Waals surface area contributed by atoms with Crippen molar-refractivity contribution in [2.24, 2.45) is 47.3 Å². The molecule has 0 saturated heterocycles. The second kappa shape index (κ2) is 2.24. The van der Waals surface area contributed by atoms with E-state index < -0.39 is 5.79 Å². The van der Waals surface area contributed by atoms with Crippen LogP contribution in [0.1, 0.15) is 0 Å². The van der Waals surface area contributed by atoms with Gasteiger partial charge in [-0.05, 0) is 11.8 Å². The average molecular weight is 234 g/mol. The van der Waals surface area contributed by atoms with Crippen LogP contribution in [0.2, 0.25) is 0 Å². The van der Waals surface area contributed by atoms with Crippen molar-refractivity contribution in [3.05, 3.63) is 0 Å². The molecule has 5 aliphatic rings. The SMILES string of the molecule is COC1(OC)C2C3C(=O)C4C5C(=O)C3C1C5C42. The molecule has 0 aromatic carbocycles. The van der Waals surface area contributed by atoms with Gasteiger partial charge in [0.05, 0.1) is 0 Å². The molecule has 0 heterocycles. The Hall–Kier alpha value is -0.740. The number of rotatable bonds is 2. The highest BCUT2D eigenvalue weighted by Crippen LogP contribution is 2.83. The summed E-state index contributed by atoms with van der Waals surface area (Å²) in [5.74, 6) is 0.969. The predicted octanol–water partition coefficient (Wildman–Crippen LogP) is 0.111. The van der Waals surface area contributed by atoms with Crippen molar-refractivity contribution in [2.75, 3.05) is 14.2 Å². The number of Topliss-reactive ketones (excluding diaryl/α,β-unsaturated/α-hetero) is 2. The first-order valence-corrected chi connectivity index (χ1v) is 6.37. The highest BCUT2D eigenvalue weighted by molar-refractivity contribution is 6.07. The van der Waals surface area contributed by atoms with Crippen molar-refractivity contribution in [3.63, 3.8) is 0 Å². The van der Waals surface area contributed by atoms with E-state index in [0.29, 0.717) is 23.4 Å². The van der Waals surface area contributed by atoms with Crippen LogP contribution in [0.15, 0.2) is 0 Å². The molecule has 0 aromatic rings. The van der Waals surface area contributed by atoms with Gasteiger partial charge >= 0.3 is 0 Å². The van der Waals surface area contributed by atoms with E-state index in [1.165, 1.54) is 0 Å². The number of ether oxygens (including phenoxy) is 2. The molecule has 0 aromatic heterocycles. The largest absolute Gasteiger partial charge is 0.353 e. The van der Waals surface area contributed by atoms with Crippen LogP contribution in [0, 0.1) is 47.3 Å². The summed E-state index contributed by atoms with van der Waals surface area (Å²) < 4.78 is 11.4. The quantitative estimate of drug-likeness (QED) is 0.636. The number of hydrogen-bond acceptors (Lipinski definition) is 4. The summed E-state index contributed by atoms with van der Waals surface area (Å²) in [7, 11) is 3.31. The monoisotopic (exact) mass is 234 g/mol. The first-order chi connectivity index (χ1) is 8.19. The Labute approximate surface area is 98.6 Å². The van der Waals surface area contributed by atoms with E-state index in [-0.39, 0.29) is 35.5 Å². The lowest BCUT2D eigenvalue weighted by atomic mass is 9.59. The standard InChI is InChI=1S/C13H14O4/c1-16-13(17-2)9-3-4-6-5(3)11(14)7(9)8(10(4)13)12(6)15/h3-10H,1-2H3. The molecule has 5 saturated carbocycles. The van der Waals surface area contributed by atoms with E-state index in [1.54, 1.807) is 14.2 Å². The lowest BCUT2D eigenvalue weighted by Crippen LogP contribution is -2.47. The summed E-state index contributed by atoms with van der Waals surface area (Å²) in [6, 6.07) is 0. The summed E-state index contributed by atoms with van der Waals surface area (Å²) in [4.78, 5) is 24.6. The molecule has 4 nitrogen and oxygen atoms in total. The fourth-order valence-corrected chi connectivity index (χ4v) is 6.44. The van der Waals surface area contributed by atoms with E-state index >= 15 is 0 Å². The molecule has 2 bridgehead atoms. The minimum absolute atomic E-state index is 0.0240. The fourth-order valence-electron chi connectivity index (χ4n) is 6.44. The molecule has 0 amide bonds. The third-order valence-electron chi connectivity index (χ3n) is 6.53. The van der Waals surface area contributed by atoms with E-state index in [2.05, 4.69) is 0 Å². The average Bonchev–Trinajstić information content (AvgIpc) is 2.73. The minimum atomic E-state index is -0.643. The number of fused-ring (bicyclic) bond motifs is 2. The third-order valence-corrected chi connectivity index (χ3v) is 6.53. The Bertz CT molecular complexity index is 440. The van der Waals surface area contributed by atoms with Gasteiger partial charge in [-0.1, -0.05) is 0 Å². The predicted molar refractivity (Wildman–Crippen MR) is 54.7 cm³/mol. The number of hydrogen-bond donors (Lipinski definition) is 0. The highest BCUT2D eigenvalue weighted by atomic mass is 16.7. The maximum Gasteiger partial charge on any atom is 0.175 e. The molecule has 0 N–H and O–H groups in total. The lowest BCUT2D eigenvalue weighted by Gasteiger charge is -2.41. The van der Waals surface area contributed by atoms with Crippen LogP contribution in [-0.2, 0) is 19.1 Å². The molecule has 4 heteroatoms. The zero-order valence-electron chi connectivity index (χ0n) is 9.75. The van der Waals surface area contributed by atoms with E-state index in [9.17, 15) is 9.59 Å². The fraction of sp³-hybridized carbons (Fsp3) is 0.846. The molecule has 8 atom stereocenters. The Morgan fingerprint density at radius 3 is 1.59 bits per heavy atom. The Balaban J connectivity index is 1.81. The van der Waals surface area contributed by atoms with Gasteiger partial charge in [0.1, 0.15) is 11.6 Å². The molecule has 0 spiro atoms. The Morgan fingerprint density at radius 2 is 1.24 bits per heavy atom. The number of carbonyl (C=O) groups is 2. The molecule has 17 heavy (non-hydrogen) atoms. The molecule has 5 aliphatic carbocycles. The zero-order chi connectivity index (χ0) is 11.7. The lowest BCUT2D eigenvalue weighted by molar-refractivity contribution is -0.240. The summed E-state index contributed by atoms with van der Waals surface area (Å²) in [6.07, 6.45) is 0. The van der Waals surface area contributed by atoms with Crippen LogP contribution in [0.25, 0.3) is 0 Å². The van der Waals surface area contributed by atoms with Gasteiger partial charge in [-0.3, -0.25) is 9.59 Å². The van der Waals surface area contributed by atoms with Crippen molar-refractivity contribution in [2.45, 2.75) is 5.79 Å². The van der Waals surface area contributed by atoms with Gasteiger partial charge in [-0.15, -0.1) is 0 Å². The normalized spacial score (nSPS) is 62.7. The van der Waals surface area contributed by atoms with Crippen LogP contribution >= 0.6 is 0 Å². The first-order valence-electron chi connectivity index (χ1n) is 6.37. The zero-order valence-corrected chi connectivity index (χ0v) is 9.75. The van der Waals surface area contributed by atoms with Crippen LogP contribution in [-0.4, -0.2) is 31.6 Å². The van der Waals surface area contributed by atoms with Gasteiger partial charge in [-0.2, -0.15) is 0 Å². The summed E-state index contributed by atoms with van der Waals surface area (Å²) in [5, 5.41) is 0. The number of carbonyl (C=O) groups excluding carboxylic acids is 2. The minimum Gasteiger partial charge on any atom is -0.353 e. The third kappa shape index (κ3) is 0.559. The maximum absolute atomic E-state index is 12.3. The van der Waals surface area contributed by atoms with Crippen molar-refractivity contribution in [3.8, 4) is 0 Å². The van der Waals surface area contributed by atoms with Crippen LogP contribution in [0.4, 0.5) is 0 Å². The van der Waals surface area contributed by atoms with Gasteiger partial charge in [0.2, 0.25) is 0 Å². The van der Waals surface area contributed by atoms with Gasteiger partial charge in [0.25, 0.3) is 0 Å². The van der Waals surface area contributed by atoms with Crippen LogP contribution < -0.4 is 0 Å². The molecule has 5 rings (SSSR count). The second-order valence-electron chi connectivity index (χ2n) is 6.24. The maximum atomic E-state index is 12.3. The van der Waals surface area contributed by atoms with E-state index in [4.69, 9.17) is 9.47 Å². The molecule has 8 unspecified atom stereocenters. The summed E-state index contributed by atoms with van der Waals surface area (Å²) in [5.41, 5.74) is 0. The molecule has 5 fully saturated rings. The number of methoxy groups -OCH3 is 2. The van der Waals surface area contributed by atoms with Crippen molar-refractivity contribution in [1.29, 1.82) is 0 Å². The highest BCUT2D eigenvalue weighted by Gasteiger charge is 2.91. The summed E-state index contributed by atoms with van der Waals surface area (Å²) >= 11 is 0. The van der Waals surface area contributed by atoms with Crippen molar-refractivity contribution in [1.82, 2.24) is 0 Å². The molecular formula is C13H14O4. The van der Waals surface area contributed by atoms with Crippen LogP contribution in [0.5, 0.6) is 0 Å². The van der Waals surface area contributed by atoms with Crippen LogP contribution in [0.3, 0.4) is 0 Å². The van der Waals surface area contributed by atoms with Crippen molar-refractivity contribution < 1.29 is 19.1 Å². The molecule has 90 valence electrons. The van der Waals surface area contributed by atoms with Gasteiger partial charge in [-0.25, -0.2) is 0 Å². The second-order valence-corrected chi connectivity index (χ2v) is 6.24. The van der Waals surface area contributed by atoms with E-state index in [0.717, 1.165) is 0 Å². The van der Waals surface area contributed by atoms with Gasteiger partial charge in [0.15, 0.2) is 5.79 Å². The molecule has 0 radical (unpaired) electrons. The Morgan fingerprint density at radius 1 is 0.824 bits per heavy atom.